The van der Waals surface area contributed by atoms with Crippen LogP contribution in [0.4, 0.5) is 0 Å². The lowest BCUT2D eigenvalue weighted by Gasteiger charge is -2.43. The third kappa shape index (κ3) is 2.70. The van der Waals surface area contributed by atoms with E-state index >= 15 is 0 Å². The minimum atomic E-state index is -0.803. The molecule has 108 valence electrons. The Morgan fingerprint density at radius 2 is 2.11 bits per heavy atom. The van der Waals surface area contributed by atoms with E-state index in [2.05, 4.69) is 6.92 Å². The highest BCUT2D eigenvalue weighted by atomic mass is 16.5. The smallest absolute Gasteiger partial charge is 0.319 e. The largest absolute Gasteiger partial charge is 0.465 e. The van der Waals surface area contributed by atoms with E-state index in [0.29, 0.717) is 25.4 Å². The monoisotopic (exact) mass is 266 g/mol. The fraction of sp³-hybridized carbons (Fsp3) is 0.875. The zero-order valence-corrected chi connectivity index (χ0v) is 12.2. The molecule has 3 nitrogen and oxygen atoms in total. The van der Waals surface area contributed by atoms with Gasteiger partial charge < -0.3 is 4.74 Å². The third-order valence-electron chi connectivity index (χ3n) is 5.00. The van der Waals surface area contributed by atoms with Gasteiger partial charge in [-0.25, -0.2) is 0 Å². The molecule has 2 aliphatic carbocycles. The van der Waals surface area contributed by atoms with E-state index in [1.807, 2.05) is 6.92 Å². The molecule has 0 bridgehead atoms. The number of rotatable bonds is 3. The van der Waals surface area contributed by atoms with Crippen molar-refractivity contribution >= 4 is 11.8 Å². The Labute approximate surface area is 116 Å². The topological polar surface area (TPSA) is 43.4 Å². The number of hydrogen-bond donors (Lipinski definition) is 0. The summed E-state index contributed by atoms with van der Waals surface area (Å²) < 4.78 is 5.28. The van der Waals surface area contributed by atoms with E-state index in [1.165, 1.54) is 6.42 Å². The molecule has 0 aliphatic heterocycles. The van der Waals surface area contributed by atoms with Gasteiger partial charge in [0.15, 0.2) is 0 Å². The second kappa shape index (κ2) is 6.06. The normalized spacial score (nSPS) is 36.0. The van der Waals surface area contributed by atoms with Gasteiger partial charge in [0.2, 0.25) is 0 Å². The Morgan fingerprint density at radius 1 is 1.32 bits per heavy atom. The van der Waals surface area contributed by atoms with E-state index in [0.717, 1.165) is 32.1 Å². The van der Waals surface area contributed by atoms with Gasteiger partial charge in [-0.1, -0.05) is 26.2 Å². The van der Waals surface area contributed by atoms with Gasteiger partial charge in [-0.2, -0.15) is 0 Å². The van der Waals surface area contributed by atoms with Crippen LogP contribution in [0.15, 0.2) is 0 Å². The molecule has 0 amide bonds. The van der Waals surface area contributed by atoms with Gasteiger partial charge in [0, 0.05) is 6.42 Å². The summed E-state index contributed by atoms with van der Waals surface area (Å²) in [7, 11) is 0. The van der Waals surface area contributed by atoms with Gasteiger partial charge in [-0.15, -0.1) is 0 Å². The van der Waals surface area contributed by atoms with Crippen LogP contribution in [0, 0.1) is 17.3 Å². The van der Waals surface area contributed by atoms with Gasteiger partial charge in [-0.3, -0.25) is 9.59 Å². The number of Topliss-reactive ketones (excluding diaryl/α,β-unsaturated/α-hetero) is 1. The highest BCUT2D eigenvalue weighted by molar-refractivity contribution is 6.04. The maximum atomic E-state index is 12.5. The third-order valence-corrected chi connectivity index (χ3v) is 5.00. The molecule has 2 rings (SSSR count). The quantitative estimate of drug-likeness (QED) is 0.580. The Morgan fingerprint density at radius 3 is 2.74 bits per heavy atom. The summed E-state index contributed by atoms with van der Waals surface area (Å²) in [4.78, 5) is 25.0. The molecule has 0 aromatic rings. The molecule has 3 heteroatoms. The van der Waals surface area contributed by atoms with E-state index in [4.69, 9.17) is 4.74 Å². The van der Waals surface area contributed by atoms with Crippen molar-refractivity contribution in [1.82, 2.24) is 0 Å². The fourth-order valence-electron chi connectivity index (χ4n) is 4.01. The molecule has 2 saturated carbocycles. The summed E-state index contributed by atoms with van der Waals surface area (Å²) in [5.74, 6) is 0.748. The first-order valence-corrected chi connectivity index (χ1v) is 7.81. The fourth-order valence-corrected chi connectivity index (χ4v) is 4.01. The molecule has 0 aromatic carbocycles. The highest BCUT2D eigenvalue weighted by Crippen LogP contribution is 2.48. The van der Waals surface area contributed by atoms with Crippen molar-refractivity contribution in [3.63, 3.8) is 0 Å². The first-order chi connectivity index (χ1) is 9.11. The second-order valence-corrected chi connectivity index (χ2v) is 6.29. The van der Waals surface area contributed by atoms with E-state index in [1.54, 1.807) is 0 Å². The van der Waals surface area contributed by atoms with Crippen LogP contribution in [0.5, 0.6) is 0 Å². The van der Waals surface area contributed by atoms with Crippen LogP contribution in [-0.2, 0) is 14.3 Å². The summed E-state index contributed by atoms with van der Waals surface area (Å²) >= 11 is 0. The molecular formula is C16H26O3. The first kappa shape index (κ1) is 14.5. The molecule has 3 atom stereocenters. The SMILES string of the molecule is CCOC(=O)C1(C2CCCC(C)C2)CCCCC1=O. The Kier molecular flexibility index (Phi) is 4.64. The van der Waals surface area contributed by atoms with Crippen molar-refractivity contribution in [2.75, 3.05) is 6.61 Å². The van der Waals surface area contributed by atoms with Crippen LogP contribution in [0.1, 0.15) is 65.2 Å². The molecule has 0 radical (unpaired) electrons. The molecule has 0 saturated heterocycles. The minimum absolute atomic E-state index is 0.149. The lowest BCUT2D eigenvalue weighted by atomic mass is 9.59. The number of esters is 1. The number of ether oxygens (including phenoxy) is 1. The van der Waals surface area contributed by atoms with Crippen LogP contribution >= 0.6 is 0 Å². The molecule has 0 heterocycles. The van der Waals surface area contributed by atoms with Crippen molar-refractivity contribution < 1.29 is 14.3 Å². The van der Waals surface area contributed by atoms with Gasteiger partial charge >= 0.3 is 5.97 Å². The molecule has 19 heavy (non-hydrogen) atoms. The van der Waals surface area contributed by atoms with Gasteiger partial charge in [0.25, 0.3) is 0 Å². The standard InChI is InChI=1S/C16H26O3/c1-3-19-15(18)16(10-5-4-9-14(16)17)13-8-6-7-12(2)11-13/h12-13H,3-11H2,1-2H3. The van der Waals surface area contributed by atoms with Crippen molar-refractivity contribution in [1.29, 1.82) is 0 Å². The Hall–Kier alpha value is -0.860. The van der Waals surface area contributed by atoms with Crippen LogP contribution < -0.4 is 0 Å². The van der Waals surface area contributed by atoms with Crippen molar-refractivity contribution in [3.05, 3.63) is 0 Å². The van der Waals surface area contributed by atoms with E-state index in [9.17, 15) is 9.59 Å². The van der Waals surface area contributed by atoms with Crippen molar-refractivity contribution in [2.45, 2.75) is 65.2 Å². The molecule has 2 aliphatic rings. The summed E-state index contributed by atoms with van der Waals surface area (Å²) in [5, 5.41) is 0. The lowest BCUT2D eigenvalue weighted by molar-refractivity contribution is -0.168. The molecule has 0 N–H and O–H groups in total. The Balaban J connectivity index is 2.27. The number of carbonyl (C=O) groups is 2. The van der Waals surface area contributed by atoms with Gasteiger partial charge in [-0.05, 0) is 44.4 Å². The van der Waals surface area contributed by atoms with Crippen LogP contribution in [0.2, 0.25) is 0 Å². The summed E-state index contributed by atoms with van der Waals surface area (Å²) in [6.07, 6.45) is 7.56. The maximum absolute atomic E-state index is 12.5. The summed E-state index contributed by atoms with van der Waals surface area (Å²) in [5.41, 5.74) is -0.803. The summed E-state index contributed by atoms with van der Waals surface area (Å²) in [6, 6.07) is 0. The second-order valence-electron chi connectivity index (χ2n) is 6.29. The first-order valence-electron chi connectivity index (χ1n) is 7.81. The van der Waals surface area contributed by atoms with E-state index in [-0.39, 0.29) is 17.7 Å². The van der Waals surface area contributed by atoms with Crippen molar-refractivity contribution in [3.8, 4) is 0 Å². The molecule has 0 aromatic heterocycles. The molecule has 3 unspecified atom stereocenters. The molecule has 0 spiro atoms. The van der Waals surface area contributed by atoms with Crippen LogP contribution in [0.3, 0.4) is 0 Å². The highest BCUT2D eigenvalue weighted by Gasteiger charge is 2.53. The van der Waals surface area contributed by atoms with Gasteiger partial charge in [0.05, 0.1) is 6.61 Å². The number of carbonyl (C=O) groups excluding carboxylic acids is 2. The number of ketones is 1. The Bertz CT molecular complexity index is 350. The average Bonchev–Trinajstić information content (AvgIpc) is 2.39. The zero-order chi connectivity index (χ0) is 13.9. The number of hydrogen-bond acceptors (Lipinski definition) is 3. The van der Waals surface area contributed by atoms with Crippen molar-refractivity contribution in [2.24, 2.45) is 17.3 Å². The minimum Gasteiger partial charge on any atom is -0.465 e. The van der Waals surface area contributed by atoms with E-state index < -0.39 is 5.41 Å². The molecular weight excluding hydrogens is 240 g/mol. The molecule has 2 fully saturated rings. The van der Waals surface area contributed by atoms with Crippen LogP contribution in [-0.4, -0.2) is 18.4 Å². The van der Waals surface area contributed by atoms with Gasteiger partial charge in [0.1, 0.15) is 11.2 Å². The lowest BCUT2D eigenvalue weighted by Crippen LogP contribution is -2.49. The average molecular weight is 266 g/mol. The summed E-state index contributed by atoms with van der Waals surface area (Å²) in [6.45, 7) is 4.43. The predicted molar refractivity (Wildman–Crippen MR) is 73.7 cm³/mol. The van der Waals surface area contributed by atoms with Crippen LogP contribution in [0.25, 0.3) is 0 Å². The predicted octanol–water partition coefficient (Wildman–Crippen LogP) is 3.51. The zero-order valence-electron chi connectivity index (χ0n) is 12.2. The maximum Gasteiger partial charge on any atom is 0.319 e.